The number of halogens is 1. The van der Waals surface area contributed by atoms with Crippen LogP contribution in [0.4, 0.5) is 0 Å². The van der Waals surface area contributed by atoms with Crippen LogP contribution in [0, 0.1) is 0 Å². The number of aromatic nitrogens is 2. The van der Waals surface area contributed by atoms with Crippen molar-refractivity contribution in [3.8, 4) is 11.5 Å². The molecule has 0 radical (unpaired) electrons. The van der Waals surface area contributed by atoms with Gasteiger partial charge < -0.3 is 19.4 Å². The lowest BCUT2D eigenvalue weighted by atomic mass is 10.1. The number of fused-ring (bicyclic) bond motifs is 1. The van der Waals surface area contributed by atoms with E-state index in [0.717, 1.165) is 58.5 Å². The second kappa shape index (κ2) is 13.1. The summed E-state index contributed by atoms with van der Waals surface area (Å²) in [6.07, 6.45) is 3.83. The molecule has 4 rings (SSSR count). The summed E-state index contributed by atoms with van der Waals surface area (Å²) in [5.74, 6) is 2.56. The first-order valence-electron chi connectivity index (χ1n) is 12.5. The molecule has 6 nitrogen and oxygen atoms in total. The number of unbranched alkanes of at least 4 members (excludes halogenated alkanes) is 2. The monoisotopic (exact) mass is 549 g/mol. The van der Waals surface area contributed by atoms with Crippen LogP contribution in [0.15, 0.2) is 77.3 Å². The molecular formula is C29H32BrN3O3. The molecule has 0 saturated carbocycles. The minimum atomic E-state index is -0.0322. The summed E-state index contributed by atoms with van der Waals surface area (Å²) in [5, 5.41) is 3.01. The van der Waals surface area contributed by atoms with Gasteiger partial charge in [-0.3, -0.25) is 4.79 Å². The largest absolute Gasteiger partial charge is 0.490 e. The van der Waals surface area contributed by atoms with E-state index in [2.05, 4.69) is 37.9 Å². The highest BCUT2D eigenvalue weighted by Gasteiger charge is 2.11. The van der Waals surface area contributed by atoms with Crippen LogP contribution >= 0.6 is 15.9 Å². The molecule has 0 spiro atoms. The molecule has 1 N–H and O–H groups in total. The van der Waals surface area contributed by atoms with Crippen molar-refractivity contribution in [2.45, 2.75) is 39.2 Å². The van der Waals surface area contributed by atoms with Gasteiger partial charge >= 0.3 is 0 Å². The Balaban J connectivity index is 1.28. The molecule has 1 amide bonds. The maximum atomic E-state index is 12.3. The highest BCUT2D eigenvalue weighted by molar-refractivity contribution is 9.10. The normalized spacial score (nSPS) is 10.9. The first-order valence-corrected chi connectivity index (χ1v) is 13.3. The van der Waals surface area contributed by atoms with Gasteiger partial charge in [0.05, 0.1) is 24.2 Å². The predicted molar refractivity (Wildman–Crippen MR) is 147 cm³/mol. The Morgan fingerprint density at radius 2 is 1.64 bits per heavy atom. The minimum absolute atomic E-state index is 0.0322. The second-order valence-electron chi connectivity index (χ2n) is 8.47. The van der Waals surface area contributed by atoms with Crippen molar-refractivity contribution in [1.29, 1.82) is 0 Å². The second-order valence-corrected chi connectivity index (χ2v) is 9.39. The van der Waals surface area contributed by atoms with Crippen LogP contribution in [-0.4, -0.2) is 35.2 Å². The number of hydrogen-bond acceptors (Lipinski definition) is 4. The number of rotatable bonds is 13. The fourth-order valence-corrected chi connectivity index (χ4v) is 4.41. The van der Waals surface area contributed by atoms with E-state index in [0.29, 0.717) is 31.9 Å². The van der Waals surface area contributed by atoms with Crippen LogP contribution < -0.4 is 14.8 Å². The molecular weight excluding hydrogens is 518 g/mol. The van der Waals surface area contributed by atoms with E-state index in [-0.39, 0.29) is 5.91 Å². The van der Waals surface area contributed by atoms with Crippen molar-refractivity contribution in [1.82, 2.24) is 14.9 Å². The van der Waals surface area contributed by atoms with E-state index < -0.39 is 0 Å². The Kier molecular flexibility index (Phi) is 9.39. The van der Waals surface area contributed by atoms with Crippen molar-refractivity contribution < 1.29 is 14.3 Å². The van der Waals surface area contributed by atoms with E-state index in [1.54, 1.807) is 0 Å². The molecule has 188 valence electrons. The fourth-order valence-electron chi connectivity index (χ4n) is 4.15. The van der Waals surface area contributed by atoms with Gasteiger partial charge in [0.2, 0.25) is 0 Å². The van der Waals surface area contributed by atoms with Crippen LogP contribution in [-0.2, 0) is 13.0 Å². The third-order valence-electron chi connectivity index (χ3n) is 5.92. The Hall–Kier alpha value is -3.32. The number of aryl methyl sites for hydroxylation is 1. The Labute approximate surface area is 220 Å². The van der Waals surface area contributed by atoms with Crippen LogP contribution in [0.2, 0.25) is 0 Å². The quantitative estimate of drug-likeness (QED) is 0.195. The fraction of sp³-hybridized carbons (Fsp3) is 0.310. The average Bonchev–Trinajstić information content (AvgIpc) is 3.25. The third kappa shape index (κ3) is 6.88. The molecule has 7 heteroatoms. The first-order chi connectivity index (χ1) is 17.7. The van der Waals surface area contributed by atoms with Crippen LogP contribution in [0.3, 0.4) is 0 Å². The first kappa shape index (κ1) is 25.8. The van der Waals surface area contributed by atoms with Crippen molar-refractivity contribution in [2.24, 2.45) is 0 Å². The number of nitrogens with zero attached hydrogens (tertiary/aromatic N) is 2. The summed E-state index contributed by atoms with van der Waals surface area (Å²) < 4.78 is 15.0. The standard InChI is InChI=1S/C29H32BrN3O3/c1-2-35-26-12-7-8-13-27(26)36-21-20-33-25-11-6-5-10-24(25)32-28(33)14-4-3-9-19-31-29(34)22-15-17-23(30)18-16-22/h5-8,10-13,15-18H,2-4,9,14,19-21H2,1H3,(H,31,34). The minimum Gasteiger partial charge on any atom is -0.490 e. The maximum absolute atomic E-state index is 12.3. The topological polar surface area (TPSA) is 65.4 Å². The zero-order chi connectivity index (χ0) is 25.2. The number of amides is 1. The van der Waals surface area contributed by atoms with Crippen molar-refractivity contribution >= 4 is 32.9 Å². The molecule has 0 aliphatic heterocycles. The zero-order valence-corrected chi connectivity index (χ0v) is 22.2. The number of ether oxygens (including phenoxy) is 2. The molecule has 0 atom stereocenters. The average molecular weight is 550 g/mol. The SMILES string of the molecule is CCOc1ccccc1OCCn1c(CCCCCNC(=O)c2ccc(Br)cc2)nc2ccccc21. The Bertz CT molecular complexity index is 1270. The smallest absolute Gasteiger partial charge is 0.251 e. The van der Waals surface area contributed by atoms with Gasteiger partial charge in [0.25, 0.3) is 5.91 Å². The molecule has 1 aromatic heterocycles. The van der Waals surface area contributed by atoms with Crippen LogP contribution in [0.5, 0.6) is 11.5 Å². The Morgan fingerprint density at radius 1 is 0.917 bits per heavy atom. The van der Waals surface area contributed by atoms with Crippen molar-refractivity contribution in [3.05, 3.63) is 88.7 Å². The highest BCUT2D eigenvalue weighted by Crippen LogP contribution is 2.26. The van der Waals surface area contributed by atoms with Gasteiger partial charge in [0, 0.05) is 23.0 Å². The van der Waals surface area contributed by atoms with Gasteiger partial charge in [-0.15, -0.1) is 0 Å². The lowest BCUT2D eigenvalue weighted by Gasteiger charge is -2.13. The number of benzene rings is 3. The van der Waals surface area contributed by atoms with Gasteiger partial charge in [-0.1, -0.05) is 46.6 Å². The molecule has 4 aromatic rings. The maximum Gasteiger partial charge on any atom is 0.251 e. The van der Waals surface area contributed by atoms with Crippen LogP contribution in [0.25, 0.3) is 11.0 Å². The molecule has 1 heterocycles. The molecule has 0 aliphatic carbocycles. The summed E-state index contributed by atoms with van der Waals surface area (Å²) in [7, 11) is 0. The molecule has 0 fully saturated rings. The van der Waals surface area contributed by atoms with Crippen molar-refractivity contribution in [2.75, 3.05) is 19.8 Å². The summed E-state index contributed by atoms with van der Waals surface area (Å²) in [4.78, 5) is 17.1. The van der Waals surface area contributed by atoms with Gasteiger partial charge in [-0.25, -0.2) is 4.98 Å². The summed E-state index contributed by atoms with van der Waals surface area (Å²) in [6, 6.07) is 23.4. The molecule has 3 aromatic carbocycles. The molecule has 0 unspecified atom stereocenters. The predicted octanol–water partition coefficient (Wildman–Crippen LogP) is 6.42. The van der Waals surface area contributed by atoms with Crippen molar-refractivity contribution in [3.63, 3.8) is 0 Å². The zero-order valence-electron chi connectivity index (χ0n) is 20.6. The summed E-state index contributed by atoms with van der Waals surface area (Å²) in [6.45, 7) is 4.47. The van der Waals surface area contributed by atoms with E-state index in [1.165, 1.54) is 0 Å². The summed E-state index contributed by atoms with van der Waals surface area (Å²) in [5.41, 5.74) is 2.80. The lowest BCUT2D eigenvalue weighted by molar-refractivity contribution is 0.0953. The Morgan fingerprint density at radius 3 is 2.42 bits per heavy atom. The van der Waals surface area contributed by atoms with E-state index in [9.17, 15) is 4.79 Å². The van der Waals surface area contributed by atoms with Gasteiger partial charge in [0.1, 0.15) is 12.4 Å². The number of nitrogens with one attached hydrogen (secondary N) is 1. The third-order valence-corrected chi connectivity index (χ3v) is 6.45. The lowest BCUT2D eigenvalue weighted by Crippen LogP contribution is -2.24. The highest BCUT2D eigenvalue weighted by atomic mass is 79.9. The molecule has 0 aliphatic rings. The number of para-hydroxylation sites is 4. The van der Waals surface area contributed by atoms with E-state index >= 15 is 0 Å². The van der Waals surface area contributed by atoms with Gasteiger partial charge in [-0.05, 0) is 68.3 Å². The number of hydrogen-bond donors (Lipinski definition) is 1. The van der Waals surface area contributed by atoms with Gasteiger partial charge in [-0.2, -0.15) is 0 Å². The van der Waals surface area contributed by atoms with Gasteiger partial charge in [0.15, 0.2) is 11.5 Å². The number of carbonyl (C=O) groups is 1. The molecule has 0 saturated heterocycles. The molecule has 0 bridgehead atoms. The number of carbonyl (C=O) groups excluding carboxylic acids is 1. The molecule has 36 heavy (non-hydrogen) atoms. The van der Waals surface area contributed by atoms with E-state index in [4.69, 9.17) is 14.5 Å². The van der Waals surface area contributed by atoms with Crippen LogP contribution in [0.1, 0.15) is 42.4 Å². The summed E-state index contributed by atoms with van der Waals surface area (Å²) >= 11 is 3.39. The van der Waals surface area contributed by atoms with E-state index in [1.807, 2.05) is 67.6 Å². The number of imidazole rings is 1.